The summed E-state index contributed by atoms with van der Waals surface area (Å²) in [6.07, 6.45) is 1.29. The summed E-state index contributed by atoms with van der Waals surface area (Å²) in [5.74, 6) is -0.533. The van der Waals surface area contributed by atoms with E-state index in [0.717, 1.165) is 0 Å². The summed E-state index contributed by atoms with van der Waals surface area (Å²) in [5, 5.41) is 0.442. The lowest BCUT2D eigenvalue weighted by molar-refractivity contribution is 0.100. The number of nitrogens with one attached hydrogen (secondary N) is 1. The van der Waals surface area contributed by atoms with Crippen LogP contribution in [-0.4, -0.2) is 15.9 Å². The fourth-order valence-electron chi connectivity index (χ4n) is 1.22. The van der Waals surface area contributed by atoms with Gasteiger partial charge in [-0.05, 0) is 18.2 Å². The Balaban J connectivity index is 2.80. The summed E-state index contributed by atoms with van der Waals surface area (Å²) in [6.45, 7) is 0. The van der Waals surface area contributed by atoms with E-state index in [2.05, 4.69) is 9.97 Å². The monoisotopic (exact) mass is 189 g/mol. The van der Waals surface area contributed by atoms with Crippen molar-refractivity contribution in [2.75, 3.05) is 0 Å². The maximum atomic E-state index is 11.2. The van der Waals surface area contributed by atoms with Crippen LogP contribution in [0.4, 0.5) is 0 Å². The van der Waals surface area contributed by atoms with Crippen molar-refractivity contribution in [3.63, 3.8) is 0 Å². The number of rotatable bonds is 1. The molecule has 1 aromatic carbocycles. The largest absolute Gasteiger partial charge is 0.366 e. The van der Waals surface area contributed by atoms with Crippen LogP contribution in [0.15, 0.2) is 29.3 Å². The van der Waals surface area contributed by atoms with Gasteiger partial charge in [0.1, 0.15) is 0 Å². The van der Waals surface area contributed by atoms with E-state index in [4.69, 9.17) is 5.73 Å². The fourth-order valence-corrected chi connectivity index (χ4v) is 1.22. The third kappa shape index (κ3) is 1.24. The minimum absolute atomic E-state index is 0.231. The first-order chi connectivity index (χ1) is 6.68. The van der Waals surface area contributed by atoms with E-state index in [1.165, 1.54) is 24.5 Å². The van der Waals surface area contributed by atoms with E-state index in [1.807, 2.05) is 0 Å². The number of aromatic nitrogens is 2. The molecule has 0 radical (unpaired) electrons. The number of amides is 1. The first-order valence-corrected chi connectivity index (χ1v) is 3.96. The predicted molar refractivity (Wildman–Crippen MR) is 50.9 cm³/mol. The number of carbonyl (C=O) groups is 1. The smallest absolute Gasteiger partial charge is 0.258 e. The average molecular weight is 189 g/mol. The van der Waals surface area contributed by atoms with Crippen LogP contribution in [0.3, 0.4) is 0 Å². The highest BCUT2D eigenvalue weighted by Crippen LogP contribution is 2.08. The van der Waals surface area contributed by atoms with Crippen molar-refractivity contribution >= 4 is 16.8 Å². The van der Waals surface area contributed by atoms with Gasteiger partial charge in [0.25, 0.3) is 5.56 Å². The van der Waals surface area contributed by atoms with Gasteiger partial charge in [-0.3, -0.25) is 9.59 Å². The van der Waals surface area contributed by atoms with Crippen LogP contribution in [0.5, 0.6) is 0 Å². The molecule has 2 rings (SSSR count). The van der Waals surface area contributed by atoms with E-state index >= 15 is 0 Å². The Bertz CT molecular complexity index is 559. The molecule has 0 saturated carbocycles. The molecule has 1 amide bonds. The van der Waals surface area contributed by atoms with Crippen molar-refractivity contribution in [2.24, 2.45) is 5.73 Å². The molecule has 14 heavy (non-hydrogen) atoms. The van der Waals surface area contributed by atoms with Crippen LogP contribution in [0.25, 0.3) is 10.9 Å². The molecule has 0 aliphatic carbocycles. The van der Waals surface area contributed by atoms with E-state index in [-0.39, 0.29) is 5.56 Å². The summed E-state index contributed by atoms with van der Waals surface area (Å²) in [4.78, 5) is 28.4. The van der Waals surface area contributed by atoms with Crippen molar-refractivity contribution in [1.29, 1.82) is 0 Å². The topological polar surface area (TPSA) is 88.8 Å². The number of benzene rings is 1. The average Bonchev–Trinajstić information content (AvgIpc) is 2.17. The van der Waals surface area contributed by atoms with Gasteiger partial charge in [-0.2, -0.15) is 0 Å². The molecule has 1 heterocycles. The highest BCUT2D eigenvalue weighted by Gasteiger charge is 2.03. The molecule has 5 heteroatoms. The second-order valence-electron chi connectivity index (χ2n) is 2.83. The summed E-state index contributed by atoms with van der Waals surface area (Å²) in [7, 11) is 0. The van der Waals surface area contributed by atoms with E-state index in [0.29, 0.717) is 16.5 Å². The first-order valence-electron chi connectivity index (χ1n) is 3.96. The zero-order valence-corrected chi connectivity index (χ0v) is 7.15. The molecule has 2 aromatic rings. The van der Waals surface area contributed by atoms with Gasteiger partial charge in [0.2, 0.25) is 5.91 Å². The number of fused-ring (bicyclic) bond motifs is 1. The Kier molecular flexibility index (Phi) is 1.78. The molecule has 0 saturated heterocycles. The van der Waals surface area contributed by atoms with Crippen LogP contribution in [0.2, 0.25) is 0 Å². The molecule has 0 atom stereocenters. The maximum Gasteiger partial charge on any atom is 0.258 e. The molecule has 0 spiro atoms. The first kappa shape index (κ1) is 8.43. The fraction of sp³-hybridized carbons (Fsp3) is 0. The molecular formula is C9H7N3O2. The maximum absolute atomic E-state index is 11.2. The number of carbonyl (C=O) groups excluding carboxylic acids is 1. The lowest BCUT2D eigenvalue weighted by atomic mass is 10.1. The summed E-state index contributed by atoms with van der Waals surface area (Å²) in [5.41, 5.74) is 5.67. The third-order valence-corrected chi connectivity index (χ3v) is 1.93. The van der Waals surface area contributed by atoms with Crippen molar-refractivity contribution in [3.8, 4) is 0 Å². The van der Waals surface area contributed by atoms with Crippen molar-refractivity contribution in [2.45, 2.75) is 0 Å². The van der Waals surface area contributed by atoms with Gasteiger partial charge in [0, 0.05) is 5.56 Å². The molecule has 0 fully saturated rings. The predicted octanol–water partition coefficient (Wildman–Crippen LogP) is 0.0220. The summed E-state index contributed by atoms with van der Waals surface area (Å²) >= 11 is 0. The van der Waals surface area contributed by atoms with Gasteiger partial charge >= 0.3 is 0 Å². The Morgan fingerprint density at radius 2 is 2.21 bits per heavy atom. The molecule has 70 valence electrons. The lowest BCUT2D eigenvalue weighted by Crippen LogP contribution is -2.12. The highest BCUT2D eigenvalue weighted by atomic mass is 16.1. The minimum Gasteiger partial charge on any atom is -0.366 e. The van der Waals surface area contributed by atoms with E-state index < -0.39 is 5.91 Å². The minimum atomic E-state index is -0.533. The van der Waals surface area contributed by atoms with Crippen LogP contribution in [0.1, 0.15) is 10.4 Å². The SMILES string of the molecule is NC(=O)c1ccc2c(=O)[nH]cnc2c1. The second-order valence-corrected chi connectivity index (χ2v) is 2.83. The number of primary amides is 1. The molecule has 1 aromatic heterocycles. The van der Waals surface area contributed by atoms with E-state index in [9.17, 15) is 9.59 Å². The Labute approximate surface area is 78.6 Å². The molecule has 3 N–H and O–H groups in total. The van der Waals surface area contributed by atoms with Gasteiger partial charge in [-0.15, -0.1) is 0 Å². The van der Waals surface area contributed by atoms with Gasteiger partial charge in [-0.25, -0.2) is 4.98 Å². The zero-order valence-electron chi connectivity index (χ0n) is 7.15. The van der Waals surface area contributed by atoms with Crippen molar-refractivity contribution < 1.29 is 4.79 Å². The van der Waals surface area contributed by atoms with Crippen molar-refractivity contribution in [1.82, 2.24) is 9.97 Å². The Hall–Kier alpha value is -2.17. The lowest BCUT2D eigenvalue weighted by Gasteiger charge is -1.97. The number of H-pyrrole nitrogens is 1. The van der Waals surface area contributed by atoms with Crippen LogP contribution in [-0.2, 0) is 0 Å². The molecule has 0 aliphatic heterocycles. The number of aromatic amines is 1. The van der Waals surface area contributed by atoms with Gasteiger partial charge in [0.05, 0.1) is 17.2 Å². The van der Waals surface area contributed by atoms with Gasteiger partial charge < -0.3 is 10.7 Å². The number of nitrogens with two attached hydrogens (primary N) is 1. The normalized spacial score (nSPS) is 10.3. The molecule has 0 unspecified atom stereocenters. The standard InChI is InChI=1S/C9H7N3O2/c10-8(13)5-1-2-6-7(3-5)11-4-12-9(6)14/h1-4H,(H2,10,13)(H,11,12,14). The van der Waals surface area contributed by atoms with Crippen LogP contribution >= 0.6 is 0 Å². The second kappa shape index (κ2) is 2.95. The summed E-state index contributed by atoms with van der Waals surface area (Å²) in [6, 6.07) is 4.52. The van der Waals surface area contributed by atoms with Crippen LogP contribution in [0, 0.1) is 0 Å². The zero-order chi connectivity index (χ0) is 10.1. The number of nitrogens with zero attached hydrogens (tertiary/aromatic N) is 1. The number of hydrogen-bond donors (Lipinski definition) is 2. The molecule has 5 nitrogen and oxygen atoms in total. The Morgan fingerprint density at radius 3 is 2.93 bits per heavy atom. The van der Waals surface area contributed by atoms with E-state index in [1.54, 1.807) is 0 Å². The highest BCUT2D eigenvalue weighted by molar-refractivity contribution is 5.96. The molecule has 0 aliphatic rings. The molecular weight excluding hydrogens is 182 g/mol. The van der Waals surface area contributed by atoms with Gasteiger partial charge in [0.15, 0.2) is 0 Å². The van der Waals surface area contributed by atoms with Crippen LogP contribution < -0.4 is 11.3 Å². The third-order valence-electron chi connectivity index (χ3n) is 1.93. The quantitative estimate of drug-likeness (QED) is 0.662. The molecule has 0 bridgehead atoms. The summed E-state index contributed by atoms with van der Waals surface area (Å²) < 4.78 is 0. The van der Waals surface area contributed by atoms with Gasteiger partial charge in [-0.1, -0.05) is 0 Å². The van der Waals surface area contributed by atoms with Crippen molar-refractivity contribution in [3.05, 3.63) is 40.4 Å². The Morgan fingerprint density at radius 1 is 1.43 bits per heavy atom. The number of hydrogen-bond acceptors (Lipinski definition) is 3.